The number of carbonyl (C=O) groups is 2. The quantitative estimate of drug-likeness (QED) is 0.261. The number of hydrogen-bond acceptors (Lipinski definition) is 5. The maximum atomic E-state index is 13.1. The Morgan fingerprint density at radius 1 is 0.763 bits per heavy atom. The van der Waals surface area contributed by atoms with Gasteiger partial charge in [0.2, 0.25) is 0 Å². The third kappa shape index (κ3) is 5.71. The first-order valence-corrected chi connectivity index (χ1v) is 12.2. The molecule has 1 amide bonds. The van der Waals surface area contributed by atoms with Gasteiger partial charge in [-0.3, -0.25) is 4.79 Å². The first kappa shape index (κ1) is 24.7. The van der Waals surface area contributed by atoms with Crippen LogP contribution in [0.25, 0.3) is 33.3 Å². The molecule has 5 aromatic rings. The van der Waals surface area contributed by atoms with Gasteiger partial charge in [0, 0.05) is 17.5 Å². The summed E-state index contributed by atoms with van der Waals surface area (Å²) in [5, 5.41) is 3.43. The second-order valence-corrected chi connectivity index (χ2v) is 8.72. The molecule has 0 fully saturated rings. The van der Waals surface area contributed by atoms with Crippen LogP contribution in [-0.2, 0) is 16.1 Å². The molecule has 1 N–H and O–H groups in total. The summed E-state index contributed by atoms with van der Waals surface area (Å²) in [5.74, 6) is -0.223. The fourth-order valence-corrected chi connectivity index (χ4v) is 4.16. The van der Waals surface area contributed by atoms with Crippen molar-refractivity contribution in [3.63, 3.8) is 0 Å². The van der Waals surface area contributed by atoms with E-state index < -0.39 is 5.97 Å². The Bertz CT molecular complexity index is 1560. The molecule has 6 nitrogen and oxygen atoms in total. The maximum Gasteiger partial charge on any atom is 0.339 e. The van der Waals surface area contributed by atoms with Gasteiger partial charge in [-0.05, 0) is 41.0 Å². The van der Waals surface area contributed by atoms with Gasteiger partial charge < -0.3 is 14.8 Å². The number of esters is 1. The molecule has 0 atom stereocenters. The standard InChI is InChI=1S/C32H26N2O4/c1-37-26-17-11-22(12-18-26)20-33-31(35)21-38-32(36)28-19-30(34-29-10-6-5-9-27(28)29)25-15-13-24(14-16-25)23-7-3-2-4-8-23/h2-19H,20-21H2,1H3,(H,33,35). The van der Waals surface area contributed by atoms with E-state index in [4.69, 9.17) is 14.5 Å². The molecule has 188 valence electrons. The zero-order chi connectivity index (χ0) is 26.3. The van der Waals surface area contributed by atoms with E-state index in [1.807, 2.05) is 91.0 Å². The van der Waals surface area contributed by atoms with Crippen LogP contribution in [-0.4, -0.2) is 30.6 Å². The van der Waals surface area contributed by atoms with Crippen molar-refractivity contribution < 1.29 is 19.1 Å². The Kier molecular flexibility index (Phi) is 7.41. The van der Waals surface area contributed by atoms with E-state index >= 15 is 0 Å². The van der Waals surface area contributed by atoms with Crippen LogP contribution in [0.1, 0.15) is 15.9 Å². The summed E-state index contributed by atoms with van der Waals surface area (Å²) in [5.41, 5.74) is 5.69. The highest BCUT2D eigenvalue weighted by atomic mass is 16.5. The lowest BCUT2D eigenvalue weighted by Crippen LogP contribution is -2.28. The van der Waals surface area contributed by atoms with Gasteiger partial charge >= 0.3 is 5.97 Å². The molecule has 0 unspecified atom stereocenters. The number of amides is 1. The summed E-state index contributed by atoms with van der Waals surface area (Å²) >= 11 is 0. The average Bonchev–Trinajstić information content (AvgIpc) is 2.99. The van der Waals surface area contributed by atoms with Gasteiger partial charge in [-0.1, -0.05) is 84.9 Å². The van der Waals surface area contributed by atoms with Crippen molar-refractivity contribution in [2.24, 2.45) is 0 Å². The molecule has 5 rings (SSSR count). The van der Waals surface area contributed by atoms with Gasteiger partial charge in [0.15, 0.2) is 6.61 Å². The molecule has 0 aliphatic rings. The Hall–Kier alpha value is -4.97. The summed E-state index contributed by atoms with van der Waals surface area (Å²) in [7, 11) is 1.60. The third-order valence-electron chi connectivity index (χ3n) is 6.21. The number of methoxy groups -OCH3 is 1. The highest BCUT2D eigenvalue weighted by molar-refractivity contribution is 6.05. The topological polar surface area (TPSA) is 77.5 Å². The third-order valence-corrected chi connectivity index (χ3v) is 6.21. The number of para-hydroxylation sites is 1. The van der Waals surface area contributed by atoms with Crippen LogP contribution in [0.4, 0.5) is 0 Å². The lowest BCUT2D eigenvalue weighted by Gasteiger charge is -2.11. The minimum Gasteiger partial charge on any atom is -0.497 e. The van der Waals surface area contributed by atoms with Crippen molar-refractivity contribution in [2.75, 3.05) is 13.7 Å². The lowest BCUT2D eigenvalue weighted by molar-refractivity contribution is -0.124. The minimum atomic E-state index is -0.578. The maximum absolute atomic E-state index is 13.1. The molecular weight excluding hydrogens is 476 g/mol. The van der Waals surface area contributed by atoms with E-state index in [1.54, 1.807) is 13.2 Å². The summed E-state index contributed by atoms with van der Waals surface area (Å²) in [4.78, 5) is 30.2. The van der Waals surface area contributed by atoms with E-state index in [0.717, 1.165) is 28.0 Å². The molecule has 0 saturated carbocycles. The van der Waals surface area contributed by atoms with Crippen LogP contribution >= 0.6 is 0 Å². The largest absolute Gasteiger partial charge is 0.497 e. The molecule has 0 spiro atoms. The number of benzene rings is 4. The SMILES string of the molecule is COc1ccc(CNC(=O)COC(=O)c2cc(-c3ccc(-c4ccccc4)cc3)nc3ccccc23)cc1. The van der Waals surface area contributed by atoms with Crippen LogP contribution in [0.15, 0.2) is 109 Å². The van der Waals surface area contributed by atoms with Gasteiger partial charge in [0.1, 0.15) is 5.75 Å². The van der Waals surface area contributed by atoms with E-state index in [9.17, 15) is 9.59 Å². The number of rotatable bonds is 8. The first-order valence-electron chi connectivity index (χ1n) is 12.2. The molecule has 0 radical (unpaired) electrons. The Morgan fingerprint density at radius 3 is 2.16 bits per heavy atom. The Morgan fingerprint density at radius 2 is 1.42 bits per heavy atom. The lowest BCUT2D eigenvalue weighted by atomic mass is 10.0. The zero-order valence-corrected chi connectivity index (χ0v) is 20.9. The van der Waals surface area contributed by atoms with Gasteiger partial charge in [0.05, 0.1) is 23.9 Å². The molecule has 0 saturated heterocycles. The number of nitrogens with zero attached hydrogens (tertiary/aromatic N) is 1. The molecule has 0 bridgehead atoms. The normalized spacial score (nSPS) is 10.7. The van der Waals surface area contributed by atoms with Crippen LogP contribution in [0.2, 0.25) is 0 Å². The smallest absolute Gasteiger partial charge is 0.339 e. The van der Waals surface area contributed by atoms with E-state index in [1.165, 1.54) is 0 Å². The molecule has 38 heavy (non-hydrogen) atoms. The number of ether oxygens (including phenoxy) is 2. The van der Waals surface area contributed by atoms with E-state index in [2.05, 4.69) is 17.4 Å². The number of carbonyl (C=O) groups excluding carboxylic acids is 2. The summed E-state index contributed by atoms with van der Waals surface area (Å²) in [6.07, 6.45) is 0. The Labute approximate surface area is 220 Å². The van der Waals surface area contributed by atoms with Crippen LogP contribution in [0.5, 0.6) is 5.75 Å². The van der Waals surface area contributed by atoms with Gasteiger partial charge in [-0.15, -0.1) is 0 Å². The number of pyridine rings is 1. The van der Waals surface area contributed by atoms with Gasteiger partial charge in [0.25, 0.3) is 5.91 Å². The highest BCUT2D eigenvalue weighted by Crippen LogP contribution is 2.28. The first-order chi connectivity index (χ1) is 18.6. The summed E-state index contributed by atoms with van der Waals surface area (Å²) < 4.78 is 10.5. The number of fused-ring (bicyclic) bond motifs is 1. The minimum absolute atomic E-state index is 0.321. The Balaban J connectivity index is 1.31. The second-order valence-electron chi connectivity index (χ2n) is 8.72. The van der Waals surface area contributed by atoms with Crippen molar-refractivity contribution in [1.29, 1.82) is 0 Å². The van der Waals surface area contributed by atoms with Crippen molar-refractivity contribution in [3.05, 3.63) is 120 Å². The molecule has 0 aliphatic heterocycles. The molecule has 1 aromatic heterocycles. The molecule has 4 aromatic carbocycles. The zero-order valence-electron chi connectivity index (χ0n) is 20.9. The highest BCUT2D eigenvalue weighted by Gasteiger charge is 2.17. The second kappa shape index (κ2) is 11.4. The number of nitrogens with one attached hydrogen (secondary N) is 1. The number of aromatic nitrogens is 1. The summed E-state index contributed by atoms with van der Waals surface area (Å²) in [6.45, 7) is -0.0611. The van der Waals surface area contributed by atoms with Crippen LogP contribution < -0.4 is 10.1 Å². The van der Waals surface area contributed by atoms with Crippen LogP contribution in [0, 0.1) is 0 Å². The predicted molar refractivity (Wildman–Crippen MR) is 148 cm³/mol. The number of hydrogen-bond donors (Lipinski definition) is 1. The fourth-order valence-electron chi connectivity index (χ4n) is 4.16. The molecule has 1 heterocycles. The van der Waals surface area contributed by atoms with Gasteiger partial charge in [-0.25, -0.2) is 9.78 Å². The van der Waals surface area contributed by atoms with Crippen LogP contribution in [0.3, 0.4) is 0 Å². The van der Waals surface area contributed by atoms with Crippen molar-refractivity contribution in [3.8, 4) is 28.1 Å². The molecular formula is C32H26N2O4. The average molecular weight is 503 g/mol. The molecule has 6 heteroatoms. The summed E-state index contributed by atoms with van der Waals surface area (Å²) in [6, 6.07) is 34.7. The van der Waals surface area contributed by atoms with Crippen molar-refractivity contribution in [2.45, 2.75) is 6.54 Å². The van der Waals surface area contributed by atoms with Gasteiger partial charge in [-0.2, -0.15) is 0 Å². The predicted octanol–water partition coefficient (Wildman–Crippen LogP) is 6.05. The molecule has 0 aliphatic carbocycles. The van der Waals surface area contributed by atoms with Crippen molar-refractivity contribution in [1.82, 2.24) is 10.3 Å². The van der Waals surface area contributed by atoms with E-state index in [0.29, 0.717) is 28.7 Å². The monoisotopic (exact) mass is 502 g/mol. The van der Waals surface area contributed by atoms with Crippen molar-refractivity contribution >= 4 is 22.8 Å². The fraction of sp³-hybridized carbons (Fsp3) is 0.0938. The van der Waals surface area contributed by atoms with E-state index in [-0.39, 0.29) is 12.5 Å².